The zero-order valence-corrected chi connectivity index (χ0v) is 24.8. The summed E-state index contributed by atoms with van der Waals surface area (Å²) in [7, 11) is 0. The molecular formula is C33H46F3NO3. The minimum Gasteiger partial charge on any atom is -0.371 e. The Morgan fingerprint density at radius 3 is 2.70 bits per heavy atom. The fourth-order valence-corrected chi connectivity index (χ4v) is 4.61. The van der Waals surface area contributed by atoms with Gasteiger partial charge in [0.15, 0.2) is 0 Å². The minimum absolute atomic E-state index is 0.00224. The number of rotatable bonds is 12. The number of carbonyl (C=O) groups is 1. The van der Waals surface area contributed by atoms with Gasteiger partial charge in [0, 0.05) is 17.3 Å². The zero-order chi connectivity index (χ0) is 29.6. The molecule has 1 N–H and O–H groups in total. The van der Waals surface area contributed by atoms with Crippen LogP contribution in [-0.4, -0.2) is 44.0 Å². The Kier molecular flexibility index (Phi) is 14.0. The van der Waals surface area contributed by atoms with E-state index in [0.29, 0.717) is 11.5 Å². The first-order chi connectivity index (χ1) is 19.0. The molecule has 1 aliphatic carbocycles. The molecule has 1 aliphatic rings. The quantitative estimate of drug-likeness (QED) is 0.176. The van der Waals surface area contributed by atoms with Gasteiger partial charge >= 0.3 is 6.18 Å². The first-order valence-electron chi connectivity index (χ1n) is 14.4. The summed E-state index contributed by atoms with van der Waals surface area (Å²) in [5, 5.41) is 4.40. The Labute approximate surface area is 237 Å². The van der Waals surface area contributed by atoms with Crippen molar-refractivity contribution < 1.29 is 27.4 Å². The number of nitrogens with one attached hydrogen (secondary N) is 1. The molecule has 0 aromatic heterocycles. The monoisotopic (exact) mass is 561 g/mol. The van der Waals surface area contributed by atoms with Crippen LogP contribution >= 0.6 is 0 Å². The first kappa shape index (κ1) is 33.6. The van der Waals surface area contributed by atoms with Gasteiger partial charge < -0.3 is 14.8 Å². The minimum atomic E-state index is -4.38. The van der Waals surface area contributed by atoms with Crippen LogP contribution in [0.2, 0.25) is 0 Å². The zero-order valence-electron chi connectivity index (χ0n) is 24.8. The Balaban J connectivity index is 1.93. The van der Waals surface area contributed by atoms with E-state index < -0.39 is 12.8 Å². The summed E-state index contributed by atoms with van der Waals surface area (Å²) in [5.74, 6) is 0.332. The predicted molar refractivity (Wildman–Crippen MR) is 156 cm³/mol. The molecule has 4 nitrogen and oxygen atoms in total. The average Bonchev–Trinajstić information content (AvgIpc) is 2.88. The van der Waals surface area contributed by atoms with Crippen molar-refractivity contribution >= 4 is 17.7 Å². The van der Waals surface area contributed by atoms with Gasteiger partial charge in [0.1, 0.15) is 6.61 Å². The highest BCUT2D eigenvalue weighted by atomic mass is 19.4. The fourth-order valence-electron chi connectivity index (χ4n) is 4.61. The smallest absolute Gasteiger partial charge is 0.371 e. The lowest BCUT2D eigenvalue weighted by Gasteiger charge is -2.25. The van der Waals surface area contributed by atoms with Crippen molar-refractivity contribution in [1.82, 2.24) is 5.32 Å². The molecule has 1 atom stereocenters. The van der Waals surface area contributed by atoms with Gasteiger partial charge in [-0.05, 0) is 113 Å². The number of benzene rings is 1. The van der Waals surface area contributed by atoms with Crippen molar-refractivity contribution in [3.63, 3.8) is 0 Å². The third-order valence-corrected chi connectivity index (χ3v) is 7.40. The Bertz CT molecular complexity index is 1170. The van der Waals surface area contributed by atoms with E-state index >= 15 is 0 Å². The summed E-state index contributed by atoms with van der Waals surface area (Å²) in [6.45, 7) is 9.44. The molecule has 1 amide bonds. The molecule has 0 bridgehead atoms. The molecule has 0 radical (unpaired) electrons. The molecule has 2 rings (SSSR count). The van der Waals surface area contributed by atoms with E-state index in [-0.39, 0.29) is 24.7 Å². The van der Waals surface area contributed by atoms with Gasteiger partial charge in [0.25, 0.3) is 5.91 Å². The predicted octanol–water partition coefficient (Wildman–Crippen LogP) is 6.70. The van der Waals surface area contributed by atoms with Gasteiger partial charge in [-0.25, -0.2) is 0 Å². The average molecular weight is 562 g/mol. The molecular weight excluding hydrogens is 515 g/mol. The van der Waals surface area contributed by atoms with Crippen molar-refractivity contribution in [3.8, 4) is 0 Å². The summed E-state index contributed by atoms with van der Waals surface area (Å²) < 4.78 is 47.1. The number of alkyl halides is 3. The van der Waals surface area contributed by atoms with E-state index in [0.717, 1.165) is 48.3 Å². The second kappa shape index (κ2) is 16.6. The number of hydrogen-bond donors (Lipinski definition) is 1. The van der Waals surface area contributed by atoms with Gasteiger partial charge in [-0.1, -0.05) is 31.2 Å². The normalized spacial score (nSPS) is 17.2. The van der Waals surface area contributed by atoms with Gasteiger partial charge in [-0.3, -0.25) is 4.79 Å². The van der Waals surface area contributed by atoms with Crippen LogP contribution in [-0.2, 0) is 9.47 Å². The topological polar surface area (TPSA) is 47.6 Å². The molecule has 0 saturated carbocycles. The highest BCUT2D eigenvalue weighted by Crippen LogP contribution is 2.26. The number of ether oxygens (including phenoxy) is 2. The fraction of sp³-hybridized carbons (Fsp3) is 0.576. The maximum Gasteiger partial charge on any atom is 0.411 e. The maximum absolute atomic E-state index is 12.6. The maximum atomic E-state index is 12.6. The Morgan fingerprint density at radius 2 is 2.00 bits per heavy atom. The van der Waals surface area contributed by atoms with Crippen LogP contribution in [0, 0.1) is 12.8 Å². The third kappa shape index (κ3) is 12.3. The molecule has 1 unspecified atom stereocenters. The van der Waals surface area contributed by atoms with E-state index in [9.17, 15) is 18.0 Å². The molecule has 0 saturated heterocycles. The molecule has 0 heterocycles. The van der Waals surface area contributed by atoms with Crippen LogP contribution in [0.15, 0.2) is 42.0 Å². The van der Waals surface area contributed by atoms with E-state index in [1.807, 2.05) is 38.1 Å². The number of halogens is 3. The molecule has 40 heavy (non-hydrogen) atoms. The van der Waals surface area contributed by atoms with E-state index in [1.54, 1.807) is 6.07 Å². The van der Waals surface area contributed by atoms with Crippen molar-refractivity contribution in [2.24, 2.45) is 5.92 Å². The van der Waals surface area contributed by atoms with E-state index in [2.05, 4.69) is 48.7 Å². The molecule has 7 heteroatoms. The summed E-state index contributed by atoms with van der Waals surface area (Å²) in [6, 6.07) is 3.56. The van der Waals surface area contributed by atoms with Gasteiger partial charge in [-0.15, -0.1) is 5.73 Å². The summed E-state index contributed by atoms with van der Waals surface area (Å²) in [6.07, 6.45) is 14.0. The SMILES string of the molecule is CC=c1c(C)c(C(=O)NCCOCC(F)(F)F)ccc1=C=CC=CCC1CCC=C(COC(C)(C)CC)CCC1. The first-order valence-corrected chi connectivity index (χ1v) is 14.4. The standard InChI is InChI=1S/C33H46F3NO3/c1-6-29-25(3)30(31(38)37-21-22-39-24-33(34,35)36)20-19-28(29)18-10-8-9-13-26-14-11-16-27(17-12-15-26)23-40-32(4,5)7-2/h6,8-10,16,19-20,26H,7,11-15,17,21-24H2,1-5H3,(H,37,38). The van der Waals surface area contributed by atoms with Crippen molar-refractivity contribution in [1.29, 1.82) is 0 Å². The van der Waals surface area contributed by atoms with Crippen LogP contribution in [0.25, 0.3) is 11.8 Å². The van der Waals surface area contributed by atoms with Crippen LogP contribution in [0.3, 0.4) is 0 Å². The van der Waals surface area contributed by atoms with Crippen LogP contribution in [0.1, 0.15) is 88.6 Å². The highest BCUT2D eigenvalue weighted by Gasteiger charge is 2.27. The number of hydrogen-bond acceptors (Lipinski definition) is 3. The van der Waals surface area contributed by atoms with Crippen molar-refractivity contribution in [2.75, 3.05) is 26.4 Å². The van der Waals surface area contributed by atoms with Crippen LogP contribution < -0.4 is 15.8 Å². The summed E-state index contributed by atoms with van der Waals surface area (Å²) in [5.41, 5.74) is 5.96. The largest absolute Gasteiger partial charge is 0.411 e. The molecule has 0 aliphatic heterocycles. The lowest BCUT2D eigenvalue weighted by Crippen LogP contribution is -2.33. The van der Waals surface area contributed by atoms with Gasteiger partial charge in [0.2, 0.25) is 0 Å². The number of allylic oxidation sites excluding steroid dienone is 4. The van der Waals surface area contributed by atoms with Crippen LogP contribution in [0.4, 0.5) is 13.2 Å². The van der Waals surface area contributed by atoms with E-state index in [4.69, 9.17) is 4.74 Å². The third-order valence-electron chi connectivity index (χ3n) is 7.40. The van der Waals surface area contributed by atoms with Crippen molar-refractivity contribution in [3.05, 3.63) is 63.6 Å². The molecule has 0 spiro atoms. The second-order valence-corrected chi connectivity index (χ2v) is 11.0. The Hall–Kier alpha value is -2.60. The highest BCUT2D eigenvalue weighted by molar-refractivity contribution is 5.95. The van der Waals surface area contributed by atoms with Crippen LogP contribution in [0.5, 0.6) is 0 Å². The van der Waals surface area contributed by atoms with Gasteiger partial charge in [0.05, 0.1) is 18.8 Å². The summed E-state index contributed by atoms with van der Waals surface area (Å²) >= 11 is 0. The Morgan fingerprint density at radius 1 is 1.23 bits per heavy atom. The lowest BCUT2D eigenvalue weighted by atomic mass is 9.89. The molecule has 1 aromatic rings. The molecule has 222 valence electrons. The van der Waals surface area contributed by atoms with Gasteiger partial charge in [-0.2, -0.15) is 13.2 Å². The molecule has 0 fully saturated rings. The number of carbonyl (C=O) groups excluding carboxylic acids is 1. The van der Waals surface area contributed by atoms with Crippen molar-refractivity contribution in [2.45, 2.75) is 91.3 Å². The summed E-state index contributed by atoms with van der Waals surface area (Å²) in [4.78, 5) is 12.6. The molecule has 1 aromatic carbocycles. The lowest BCUT2D eigenvalue weighted by molar-refractivity contribution is -0.173. The van der Waals surface area contributed by atoms with E-state index in [1.165, 1.54) is 24.8 Å². The number of amides is 1. The second-order valence-electron chi connectivity index (χ2n) is 11.0.